The van der Waals surface area contributed by atoms with Crippen LogP contribution in [0.2, 0.25) is 0 Å². The molecule has 3 heterocycles. The molecule has 2 aromatic carbocycles. The Morgan fingerprint density at radius 2 is 1.88 bits per heavy atom. The first-order valence-corrected chi connectivity index (χ1v) is 11.1. The predicted molar refractivity (Wildman–Crippen MR) is 124 cm³/mol. The maximum absolute atomic E-state index is 13.1. The Bertz CT molecular complexity index is 1310. The van der Waals surface area contributed by atoms with E-state index in [0.29, 0.717) is 23.8 Å². The fourth-order valence-corrected chi connectivity index (χ4v) is 4.25. The lowest BCUT2D eigenvalue weighted by molar-refractivity contribution is 0.0642. The van der Waals surface area contributed by atoms with E-state index in [1.807, 2.05) is 19.9 Å². The maximum atomic E-state index is 13.1. The van der Waals surface area contributed by atoms with Gasteiger partial charge < -0.3 is 14.8 Å². The van der Waals surface area contributed by atoms with Gasteiger partial charge in [-0.2, -0.15) is 0 Å². The number of carbonyl (C=O) groups excluding carboxylic acids is 3. The molecule has 0 radical (unpaired) electrons. The fraction of sp³-hybridized carbons (Fsp3) is 0.231. The molecule has 0 saturated heterocycles. The Labute approximate surface area is 196 Å². The number of amides is 3. The van der Waals surface area contributed by atoms with Crippen LogP contribution in [-0.4, -0.2) is 40.3 Å². The van der Waals surface area contributed by atoms with E-state index < -0.39 is 11.8 Å². The van der Waals surface area contributed by atoms with Gasteiger partial charge in [0.05, 0.1) is 30.0 Å². The van der Waals surface area contributed by atoms with Crippen LogP contribution in [0.4, 0.5) is 5.69 Å². The van der Waals surface area contributed by atoms with Crippen LogP contribution in [0.25, 0.3) is 0 Å². The summed E-state index contributed by atoms with van der Waals surface area (Å²) in [6, 6.07) is 11.7. The molecule has 8 heteroatoms. The molecule has 0 spiro atoms. The fourth-order valence-electron chi connectivity index (χ4n) is 4.25. The summed E-state index contributed by atoms with van der Waals surface area (Å²) < 4.78 is 11.5. The largest absolute Gasteiger partial charge is 0.492 e. The monoisotopic (exact) mass is 457 g/mol. The summed E-state index contributed by atoms with van der Waals surface area (Å²) >= 11 is 0. The van der Waals surface area contributed by atoms with Gasteiger partial charge in [-0.3, -0.25) is 24.3 Å². The molecule has 0 saturated carbocycles. The Morgan fingerprint density at radius 3 is 2.65 bits per heavy atom. The summed E-state index contributed by atoms with van der Waals surface area (Å²) in [6.07, 6.45) is 4.06. The third kappa shape index (κ3) is 3.87. The van der Waals surface area contributed by atoms with Gasteiger partial charge >= 0.3 is 0 Å². The summed E-state index contributed by atoms with van der Waals surface area (Å²) in [5.74, 6) is 0.0484. The van der Waals surface area contributed by atoms with Gasteiger partial charge in [0.1, 0.15) is 17.6 Å². The lowest BCUT2D eigenvalue weighted by Crippen LogP contribution is -2.29. The third-order valence-electron chi connectivity index (χ3n) is 5.87. The number of ether oxygens (including phenoxy) is 2. The molecule has 3 aromatic rings. The summed E-state index contributed by atoms with van der Waals surface area (Å²) in [5, 5.41) is 2.86. The van der Waals surface area contributed by atoms with Crippen LogP contribution in [0, 0.1) is 0 Å². The summed E-state index contributed by atoms with van der Waals surface area (Å²) in [7, 11) is 0. The molecule has 34 heavy (non-hydrogen) atoms. The molecular weight excluding hydrogens is 434 g/mol. The number of imide groups is 1. The molecule has 0 bridgehead atoms. The number of fused-ring (bicyclic) bond motifs is 2. The molecule has 1 N–H and O–H groups in total. The van der Waals surface area contributed by atoms with Gasteiger partial charge in [-0.25, -0.2) is 0 Å². The second-order valence-corrected chi connectivity index (χ2v) is 8.29. The number of hydrogen-bond acceptors (Lipinski definition) is 6. The number of benzene rings is 2. The van der Waals surface area contributed by atoms with Crippen molar-refractivity contribution >= 4 is 23.4 Å². The number of anilines is 1. The molecule has 2 aliphatic heterocycles. The molecule has 1 aromatic heterocycles. The highest BCUT2D eigenvalue weighted by Crippen LogP contribution is 2.38. The van der Waals surface area contributed by atoms with E-state index in [0.717, 1.165) is 17.5 Å². The number of carbonyl (C=O) groups is 3. The van der Waals surface area contributed by atoms with Crippen molar-refractivity contribution in [3.8, 4) is 11.5 Å². The van der Waals surface area contributed by atoms with Gasteiger partial charge in [-0.05, 0) is 55.8 Å². The second kappa shape index (κ2) is 8.62. The van der Waals surface area contributed by atoms with Crippen LogP contribution in [0.15, 0.2) is 54.9 Å². The van der Waals surface area contributed by atoms with E-state index >= 15 is 0 Å². The lowest BCUT2D eigenvalue weighted by Gasteiger charge is -2.14. The topological polar surface area (TPSA) is 97.8 Å². The van der Waals surface area contributed by atoms with E-state index in [4.69, 9.17) is 9.47 Å². The number of hydrogen-bond donors (Lipinski definition) is 1. The molecular formula is C26H23N3O5. The Hall–Kier alpha value is -4.20. The van der Waals surface area contributed by atoms with Gasteiger partial charge in [0.15, 0.2) is 0 Å². The zero-order chi connectivity index (χ0) is 23.8. The van der Waals surface area contributed by atoms with Gasteiger partial charge in [0.2, 0.25) is 0 Å². The Balaban J connectivity index is 1.39. The number of rotatable bonds is 6. The standard InChI is InChI=1S/C26H23N3O5/c1-3-33-23-12-18-10-15(2)34-22(18)13-21(23)28-24(30)17-4-5-19-20(11-17)26(32)29(25(19)31)14-16-6-8-27-9-7-16/h4-9,11-13,15H,3,10,14H2,1-2H3,(H,28,30). The molecule has 1 atom stereocenters. The van der Waals surface area contributed by atoms with Crippen molar-refractivity contribution in [3.63, 3.8) is 0 Å². The Kier molecular flexibility index (Phi) is 5.49. The minimum atomic E-state index is -0.429. The normalized spacial score (nSPS) is 16.2. The van der Waals surface area contributed by atoms with Crippen LogP contribution in [-0.2, 0) is 13.0 Å². The second-order valence-electron chi connectivity index (χ2n) is 8.29. The van der Waals surface area contributed by atoms with Crippen LogP contribution in [0.3, 0.4) is 0 Å². The minimum absolute atomic E-state index is 0.0609. The van der Waals surface area contributed by atoms with Gasteiger partial charge in [0, 0.05) is 36.0 Å². The summed E-state index contributed by atoms with van der Waals surface area (Å²) in [4.78, 5) is 44.0. The summed E-state index contributed by atoms with van der Waals surface area (Å²) in [5.41, 5.74) is 3.07. The molecule has 1 unspecified atom stereocenters. The van der Waals surface area contributed by atoms with Crippen molar-refractivity contribution in [1.82, 2.24) is 9.88 Å². The maximum Gasteiger partial charge on any atom is 0.261 e. The van der Waals surface area contributed by atoms with Crippen molar-refractivity contribution in [2.24, 2.45) is 0 Å². The zero-order valence-electron chi connectivity index (χ0n) is 18.8. The van der Waals surface area contributed by atoms with Gasteiger partial charge in [0.25, 0.3) is 17.7 Å². The highest BCUT2D eigenvalue weighted by atomic mass is 16.5. The van der Waals surface area contributed by atoms with E-state index in [9.17, 15) is 14.4 Å². The first-order chi connectivity index (χ1) is 16.4. The van der Waals surface area contributed by atoms with Crippen molar-refractivity contribution in [1.29, 1.82) is 0 Å². The smallest absolute Gasteiger partial charge is 0.261 e. The Morgan fingerprint density at radius 1 is 1.12 bits per heavy atom. The molecule has 3 amide bonds. The van der Waals surface area contributed by atoms with Crippen LogP contribution < -0.4 is 14.8 Å². The summed E-state index contributed by atoms with van der Waals surface area (Å²) in [6.45, 7) is 4.45. The van der Waals surface area contributed by atoms with Crippen LogP contribution in [0.1, 0.15) is 56.0 Å². The quantitative estimate of drug-likeness (QED) is 0.565. The number of nitrogens with zero attached hydrogens (tertiary/aromatic N) is 2. The molecule has 8 nitrogen and oxygen atoms in total. The predicted octanol–water partition coefficient (Wildman–Crippen LogP) is 3.85. The number of pyridine rings is 1. The van der Waals surface area contributed by atoms with Gasteiger partial charge in [-0.15, -0.1) is 0 Å². The van der Waals surface area contributed by atoms with Crippen LogP contribution in [0.5, 0.6) is 11.5 Å². The van der Waals surface area contributed by atoms with E-state index in [1.54, 1.807) is 36.7 Å². The average Bonchev–Trinajstić information content (AvgIpc) is 3.31. The number of aromatic nitrogens is 1. The molecule has 0 fully saturated rings. The van der Waals surface area contributed by atoms with E-state index in [-0.39, 0.29) is 35.2 Å². The average molecular weight is 457 g/mol. The molecule has 172 valence electrons. The van der Waals surface area contributed by atoms with Crippen molar-refractivity contribution in [2.75, 3.05) is 11.9 Å². The lowest BCUT2D eigenvalue weighted by atomic mass is 10.0. The SMILES string of the molecule is CCOc1cc2c(cc1NC(=O)c1ccc3c(c1)C(=O)N(Cc1ccncc1)C3=O)OC(C)C2. The molecule has 2 aliphatic rings. The zero-order valence-corrected chi connectivity index (χ0v) is 18.8. The van der Waals surface area contributed by atoms with Gasteiger partial charge in [-0.1, -0.05) is 0 Å². The van der Waals surface area contributed by atoms with Crippen molar-refractivity contribution < 1.29 is 23.9 Å². The first-order valence-electron chi connectivity index (χ1n) is 11.1. The van der Waals surface area contributed by atoms with Crippen LogP contribution >= 0.6 is 0 Å². The van der Waals surface area contributed by atoms with E-state index in [2.05, 4.69) is 10.3 Å². The number of nitrogens with one attached hydrogen (secondary N) is 1. The highest BCUT2D eigenvalue weighted by Gasteiger charge is 2.36. The van der Waals surface area contributed by atoms with Crippen molar-refractivity contribution in [2.45, 2.75) is 32.9 Å². The highest BCUT2D eigenvalue weighted by molar-refractivity contribution is 6.22. The third-order valence-corrected chi connectivity index (χ3v) is 5.87. The van der Waals surface area contributed by atoms with E-state index in [1.165, 1.54) is 17.0 Å². The molecule has 5 rings (SSSR count). The first kappa shape index (κ1) is 21.6. The molecule has 0 aliphatic carbocycles. The van der Waals surface area contributed by atoms with Crippen molar-refractivity contribution in [3.05, 3.63) is 82.7 Å². The minimum Gasteiger partial charge on any atom is -0.492 e.